The number of aromatic hydroxyl groups is 1. The smallest absolute Gasteiger partial charge is 0.549 e. The van der Waals surface area contributed by atoms with E-state index in [0.29, 0.717) is 24.1 Å². The Bertz CT molecular complexity index is 788. The van der Waals surface area contributed by atoms with Crippen LogP contribution >= 0.6 is 0 Å². The fourth-order valence-electron chi connectivity index (χ4n) is 2.93. The molecule has 1 unspecified atom stereocenters. The monoisotopic (exact) mass is 394 g/mol. The maximum absolute atomic E-state index is 12.8. The van der Waals surface area contributed by atoms with Crippen molar-refractivity contribution in [3.05, 3.63) is 53.8 Å². The second kappa shape index (κ2) is 10.6. The zero-order chi connectivity index (χ0) is 20.0. The molecule has 1 aromatic rings. The van der Waals surface area contributed by atoms with E-state index in [2.05, 4.69) is 5.32 Å². The van der Waals surface area contributed by atoms with Gasteiger partial charge < -0.3 is 26.1 Å². The number of aliphatic carboxylic acids is 1. The van der Waals surface area contributed by atoms with Gasteiger partial charge in [-0.1, -0.05) is 31.2 Å². The van der Waals surface area contributed by atoms with Crippen molar-refractivity contribution < 1.29 is 54.2 Å². The molecule has 1 aliphatic carbocycles. The number of hydrogen-bond donors (Lipinski definition) is 3. The molecule has 2 atom stereocenters. The molecule has 2 rings (SSSR count). The fourth-order valence-corrected chi connectivity index (χ4v) is 2.93. The SMILES string of the molecule is CCCC(=O)NC1=CCC(C(=O)[O-])(C(=O)[C@@H](N)Cc2ccc(O)cc2)C=C1.[Na+]. The summed E-state index contributed by atoms with van der Waals surface area (Å²) < 4.78 is 0. The molecule has 0 aromatic heterocycles. The third-order valence-corrected chi connectivity index (χ3v) is 4.48. The topological polar surface area (TPSA) is 133 Å². The molecule has 1 aromatic carbocycles. The number of Topliss-reactive ketones (excluding diaryl/α,β-unsaturated/α-hetero) is 1. The van der Waals surface area contributed by atoms with E-state index in [1.165, 1.54) is 30.4 Å². The van der Waals surface area contributed by atoms with Crippen molar-refractivity contribution >= 4 is 17.7 Å². The molecule has 1 amide bonds. The van der Waals surface area contributed by atoms with Gasteiger partial charge in [0, 0.05) is 12.1 Å². The summed E-state index contributed by atoms with van der Waals surface area (Å²) in [7, 11) is 0. The second-order valence-electron chi connectivity index (χ2n) is 6.60. The van der Waals surface area contributed by atoms with E-state index in [1.807, 2.05) is 6.92 Å². The first-order valence-corrected chi connectivity index (χ1v) is 8.77. The molecule has 7 nitrogen and oxygen atoms in total. The number of carboxylic acid groups (broad SMARTS) is 1. The Morgan fingerprint density at radius 3 is 2.43 bits per heavy atom. The van der Waals surface area contributed by atoms with Crippen LogP contribution in [0.15, 0.2) is 48.2 Å². The summed E-state index contributed by atoms with van der Waals surface area (Å²) in [5.41, 5.74) is 5.25. The second-order valence-corrected chi connectivity index (χ2v) is 6.60. The van der Waals surface area contributed by atoms with Crippen LogP contribution in [0.4, 0.5) is 0 Å². The number of nitrogens with one attached hydrogen (secondary N) is 1. The van der Waals surface area contributed by atoms with Crippen molar-refractivity contribution in [3.8, 4) is 5.75 Å². The molecule has 0 bridgehead atoms. The number of allylic oxidation sites excluding steroid dienone is 2. The summed E-state index contributed by atoms with van der Waals surface area (Å²) in [6.07, 6.45) is 5.17. The molecular weight excluding hydrogens is 371 g/mol. The van der Waals surface area contributed by atoms with Gasteiger partial charge in [0.1, 0.15) is 5.75 Å². The van der Waals surface area contributed by atoms with Gasteiger partial charge in [-0.2, -0.15) is 0 Å². The third kappa shape index (κ3) is 5.78. The number of phenols is 1. The summed E-state index contributed by atoms with van der Waals surface area (Å²) >= 11 is 0. The van der Waals surface area contributed by atoms with Gasteiger partial charge in [-0.15, -0.1) is 0 Å². The zero-order valence-electron chi connectivity index (χ0n) is 16.1. The summed E-state index contributed by atoms with van der Waals surface area (Å²) in [5, 5.41) is 23.7. The normalized spacial score (nSPS) is 19.1. The number of amides is 1. The average molecular weight is 394 g/mol. The fraction of sp³-hybridized carbons (Fsp3) is 0.350. The first kappa shape index (κ1) is 24.1. The maximum atomic E-state index is 12.8. The molecule has 4 N–H and O–H groups in total. The molecule has 0 saturated carbocycles. The molecule has 0 fully saturated rings. The molecule has 8 heteroatoms. The van der Waals surface area contributed by atoms with E-state index < -0.39 is 23.2 Å². The minimum Gasteiger partial charge on any atom is -0.549 e. The number of carbonyl (C=O) groups excluding carboxylic acids is 3. The number of benzene rings is 1. The third-order valence-electron chi connectivity index (χ3n) is 4.48. The molecule has 0 aliphatic heterocycles. The molecule has 0 radical (unpaired) electrons. The summed E-state index contributed by atoms with van der Waals surface area (Å²) in [6, 6.07) is 5.12. The van der Waals surface area contributed by atoms with Gasteiger partial charge in [0.05, 0.1) is 17.4 Å². The van der Waals surface area contributed by atoms with Gasteiger partial charge in [0.2, 0.25) is 5.91 Å². The van der Waals surface area contributed by atoms with E-state index in [1.54, 1.807) is 12.1 Å². The van der Waals surface area contributed by atoms with Crippen LogP contribution in [-0.4, -0.2) is 28.8 Å². The molecule has 0 heterocycles. The van der Waals surface area contributed by atoms with E-state index in [0.717, 1.165) is 0 Å². The Kier molecular flexibility index (Phi) is 9.10. The average Bonchev–Trinajstić information content (AvgIpc) is 2.63. The quantitative estimate of drug-likeness (QED) is 0.325. The van der Waals surface area contributed by atoms with Crippen LogP contribution in [-0.2, 0) is 20.8 Å². The van der Waals surface area contributed by atoms with Crippen LogP contribution < -0.4 is 45.7 Å². The van der Waals surface area contributed by atoms with Gasteiger partial charge in [-0.05, 0) is 43.0 Å². The molecule has 0 spiro atoms. The van der Waals surface area contributed by atoms with Gasteiger partial charge in [-0.25, -0.2) is 0 Å². The number of rotatable bonds is 8. The molecule has 144 valence electrons. The number of phenolic OH excluding ortho intramolecular Hbond substituents is 1. The van der Waals surface area contributed by atoms with Crippen molar-refractivity contribution in [1.82, 2.24) is 5.32 Å². The van der Waals surface area contributed by atoms with Crippen LogP contribution in [0.2, 0.25) is 0 Å². The Morgan fingerprint density at radius 1 is 1.29 bits per heavy atom. The summed E-state index contributed by atoms with van der Waals surface area (Å²) in [4.78, 5) is 36.2. The summed E-state index contributed by atoms with van der Waals surface area (Å²) in [5.74, 6) is -2.28. The largest absolute Gasteiger partial charge is 1.00 e. The van der Waals surface area contributed by atoms with Gasteiger partial charge in [0.25, 0.3) is 0 Å². The Hall–Kier alpha value is -1.93. The van der Waals surface area contributed by atoms with Gasteiger partial charge in [0.15, 0.2) is 5.78 Å². The molecule has 1 aliphatic rings. The van der Waals surface area contributed by atoms with Gasteiger partial charge in [-0.3, -0.25) is 9.59 Å². The number of ketones is 1. The molecular formula is C20H23N2NaO5. The Balaban J connectivity index is 0.00000392. The first-order chi connectivity index (χ1) is 12.8. The minimum atomic E-state index is -1.87. The number of nitrogens with two attached hydrogens (primary N) is 1. The van der Waals surface area contributed by atoms with Crippen LogP contribution in [0.5, 0.6) is 5.75 Å². The van der Waals surface area contributed by atoms with Crippen molar-refractivity contribution in [1.29, 1.82) is 0 Å². The van der Waals surface area contributed by atoms with Crippen molar-refractivity contribution in [2.45, 2.75) is 38.6 Å². The number of carboxylic acids is 1. The predicted octanol–water partition coefficient (Wildman–Crippen LogP) is -2.67. The van der Waals surface area contributed by atoms with E-state index in [4.69, 9.17) is 5.73 Å². The Morgan fingerprint density at radius 2 is 1.93 bits per heavy atom. The Labute approximate surface area is 186 Å². The van der Waals surface area contributed by atoms with Crippen LogP contribution in [0, 0.1) is 5.41 Å². The van der Waals surface area contributed by atoms with Crippen molar-refractivity contribution in [2.75, 3.05) is 0 Å². The maximum Gasteiger partial charge on any atom is 1.00 e. The standard InChI is InChI=1S/C20H24N2O5.Na/c1-2-3-17(24)22-14-8-10-20(11-9-14,19(26)27)18(25)16(21)12-13-4-6-15(23)7-5-13;/h4-10,16,23H,2-3,11-12,21H2,1H3,(H,22,24)(H,26,27);/q;+1/p-1/t16-,20?;/m0./s1. The van der Waals surface area contributed by atoms with E-state index >= 15 is 0 Å². The van der Waals surface area contributed by atoms with Crippen LogP contribution in [0.3, 0.4) is 0 Å². The summed E-state index contributed by atoms with van der Waals surface area (Å²) in [6.45, 7) is 1.87. The zero-order valence-corrected chi connectivity index (χ0v) is 18.1. The van der Waals surface area contributed by atoms with E-state index in [-0.39, 0.29) is 54.1 Å². The van der Waals surface area contributed by atoms with Crippen LogP contribution in [0.1, 0.15) is 31.7 Å². The number of carbonyl (C=O) groups is 3. The molecule has 0 saturated heterocycles. The minimum absolute atomic E-state index is 0. The van der Waals surface area contributed by atoms with Gasteiger partial charge >= 0.3 is 29.6 Å². The van der Waals surface area contributed by atoms with Crippen molar-refractivity contribution in [2.24, 2.45) is 11.1 Å². The predicted molar refractivity (Wildman–Crippen MR) is 97.1 cm³/mol. The first-order valence-electron chi connectivity index (χ1n) is 8.77. The molecule has 28 heavy (non-hydrogen) atoms. The van der Waals surface area contributed by atoms with E-state index in [9.17, 15) is 24.6 Å². The number of hydrogen-bond acceptors (Lipinski definition) is 6. The van der Waals surface area contributed by atoms with Crippen molar-refractivity contribution in [3.63, 3.8) is 0 Å². The van der Waals surface area contributed by atoms with Crippen LogP contribution in [0.25, 0.3) is 0 Å².